The first kappa shape index (κ1) is 12.0. The van der Waals surface area contributed by atoms with Crippen LogP contribution in [0.1, 0.15) is 27.2 Å². The summed E-state index contributed by atoms with van der Waals surface area (Å²) in [5.74, 6) is 0.510. The number of nitrogens with one attached hydrogen (secondary N) is 1. The number of rotatable bonds is 2. The predicted octanol–water partition coefficient (Wildman–Crippen LogP) is 0.745. The summed E-state index contributed by atoms with van der Waals surface area (Å²) in [6, 6.07) is 1.95. The fraction of sp³-hybridized carbons (Fsp3) is 0.818. The molecule has 1 aliphatic heterocycles. The van der Waals surface area contributed by atoms with Crippen molar-refractivity contribution < 1.29 is 4.79 Å². The van der Waals surface area contributed by atoms with Crippen LogP contribution in [0.25, 0.3) is 0 Å². The van der Waals surface area contributed by atoms with Crippen LogP contribution in [-0.2, 0) is 4.79 Å². The number of hydrogen-bond donors (Lipinski definition) is 1. The molecule has 4 heteroatoms. The summed E-state index contributed by atoms with van der Waals surface area (Å²) >= 11 is 0. The van der Waals surface area contributed by atoms with Gasteiger partial charge in [0.1, 0.15) is 0 Å². The molecule has 1 amide bonds. The van der Waals surface area contributed by atoms with Crippen molar-refractivity contribution in [2.75, 3.05) is 13.1 Å². The van der Waals surface area contributed by atoms with E-state index in [1.54, 1.807) is 0 Å². The first-order chi connectivity index (χ1) is 7.06. The van der Waals surface area contributed by atoms with Crippen molar-refractivity contribution in [3.8, 4) is 6.07 Å². The van der Waals surface area contributed by atoms with Crippen LogP contribution in [0, 0.1) is 17.2 Å². The van der Waals surface area contributed by atoms with Crippen molar-refractivity contribution in [2.45, 2.75) is 39.3 Å². The Kier molecular flexibility index (Phi) is 4.10. The Morgan fingerprint density at radius 3 is 2.87 bits per heavy atom. The molecular formula is C11H19N3O. The first-order valence-electron chi connectivity index (χ1n) is 5.47. The van der Waals surface area contributed by atoms with E-state index in [0.29, 0.717) is 5.92 Å². The van der Waals surface area contributed by atoms with Crippen LogP contribution >= 0.6 is 0 Å². The molecule has 0 spiro atoms. The molecule has 0 aromatic carbocycles. The number of hydrogen-bond acceptors (Lipinski definition) is 3. The van der Waals surface area contributed by atoms with Gasteiger partial charge in [-0.2, -0.15) is 5.26 Å². The molecule has 1 N–H and O–H groups in total. The van der Waals surface area contributed by atoms with Gasteiger partial charge in [-0.3, -0.25) is 4.79 Å². The topological polar surface area (TPSA) is 56.1 Å². The van der Waals surface area contributed by atoms with Crippen LogP contribution in [0.2, 0.25) is 0 Å². The normalized spacial score (nSPS) is 27.7. The van der Waals surface area contributed by atoms with E-state index in [4.69, 9.17) is 5.26 Å². The van der Waals surface area contributed by atoms with Gasteiger partial charge < -0.3 is 10.2 Å². The molecule has 4 nitrogen and oxygen atoms in total. The average molecular weight is 209 g/mol. The van der Waals surface area contributed by atoms with Gasteiger partial charge >= 0.3 is 0 Å². The molecule has 84 valence electrons. The second-order valence-corrected chi connectivity index (χ2v) is 4.51. The maximum atomic E-state index is 12.0. The third-order valence-corrected chi connectivity index (χ3v) is 2.72. The van der Waals surface area contributed by atoms with Crippen molar-refractivity contribution in [2.24, 2.45) is 5.92 Å². The number of carbonyl (C=O) groups excluding carboxylic acids is 1. The van der Waals surface area contributed by atoms with Crippen LogP contribution in [0.15, 0.2) is 0 Å². The SMILES string of the molecule is CC1CNC(CC#N)C(=O)N(C(C)C)C1. The van der Waals surface area contributed by atoms with Crippen LogP contribution in [0.4, 0.5) is 0 Å². The molecule has 15 heavy (non-hydrogen) atoms. The molecule has 1 heterocycles. The second-order valence-electron chi connectivity index (χ2n) is 4.51. The van der Waals surface area contributed by atoms with Crippen molar-refractivity contribution in [3.63, 3.8) is 0 Å². The smallest absolute Gasteiger partial charge is 0.241 e. The van der Waals surface area contributed by atoms with Crippen LogP contribution in [-0.4, -0.2) is 36.0 Å². The lowest BCUT2D eigenvalue weighted by Gasteiger charge is -2.28. The summed E-state index contributed by atoms with van der Waals surface area (Å²) in [7, 11) is 0. The van der Waals surface area contributed by atoms with Gasteiger partial charge in [-0.15, -0.1) is 0 Å². The molecule has 0 bridgehead atoms. The highest BCUT2D eigenvalue weighted by molar-refractivity contribution is 5.82. The number of carbonyl (C=O) groups is 1. The summed E-state index contributed by atoms with van der Waals surface area (Å²) in [6.45, 7) is 7.73. The summed E-state index contributed by atoms with van der Waals surface area (Å²) in [4.78, 5) is 13.9. The molecule has 0 aromatic heterocycles. The Balaban J connectivity index is 2.78. The number of nitriles is 1. The highest BCUT2D eigenvalue weighted by Crippen LogP contribution is 2.12. The molecule has 0 aromatic rings. The van der Waals surface area contributed by atoms with E-state index in [1.807, 2.05) is 18.7 Å². The standard InChI is InChI=1S/C11H19N3O/c1-8(2)14-7-9(3)6-13-10(4-5-12)11(14)15/h8-10,13H,4,6-7H2,1-3H3. The van der Waals surface area contributed by atoms with E-state index in [0.717, 1.165) is 13.1 Å². The van der Waals surface area contributed by atoms with Crippen molar-refractivity contribution in [3.05, 3.63) is 0 Å². The summed E-state index contributed by atoms with van der Waals surface area (Å²) in [6.07, 6.45) is 0.259. The molecule has 1 saturated heterocycles. The summed E-state index contributed by atoms with van der Waals surface area (Å²) in [5, 5.41) is 11.8. The Labute approximate surface area is 91.2 Å². The minimum atomic E-state index is -0.317. The maximum absolute atomic E-state index is 12.0. The Hall–Kier alpha value is -1.08. The van der Waals surface area contributed by atoms with Gasteiger partial charge in [-0.1, -0.05) is 6.92 Å². The van der Waals surface area contributed by atoms with E-state index < -0.39 is 0 Å². The Bertz CT molecular complexity index is 269. The van der Waals surface area contributed by atoms with Crippen LogP contribution in [0.5, 0.6) is 0 Å². The fourth-order valence-corrected chi connectivity index (χ4v) is 1.84. The largest absolute Gasteiger partial charge is 0.339 e. The molecule has 2 unspecified atom stereocenters. The summed E-state index contributed by atoms with van der Waals surface area (Å²) in [5.41, 5.74) is 0. The van der Waals surface area contributed by atoms with Gasteiger partial charge in [0.25, 0.3) is 0 Å². The highest BCUT2D eigenvalue weighted by Gasteiger charge is 2.30. The molecule has 0 saturated carbocycles. The third kappa shape index (κ3) is 2.93. The van der Waals surface area contributed by atoms with Gasteiger partial charge in [-0.25, -0.2) is 0 Å². The summed E-state index contributed by atoms with van der Waals surface area (Å²) < 4.78 is 0. The van der Waals surface area contributed by atoms with E-state index in [9.17, 15) is 4.79 Å². The number of amides is 1. The zero-order chi connectivity index (χ0) is 11.4. The average Bonchev–Trinajstić information content (AvgIpc) is 2.31. The maximum Gasteiger partial charge on any atom is 0.241 e. The lowest BCUT2D eigenvalue weighted by atomic mass is 10.1. The van der Waals surface area contributed by atoms with E-state index in [2.05, 4.69) is 18.3 Å². The van der Waals surface area contributed by atoms with Gasteiger partial charge in [-0.05, 0) is 19.8 Å². The third-order valence-electron chi connectivity index (χ3n) is 2.72. The highest BCUT2D eigenvalue weighted by atomic mass is 16.2. The number of nitrogens with zero attached hydrogens (tertiary/aromatic N) is 2. The minimum Gasteiger partial charge on any atom is -0.339 e. The zero-order valence-electron chi connectivity index (χ0n) is 9.66. The minimum absolute atomic E-state index is 0.0656. The van der Waals surface area contributed by atoms with E-state index in [-0.39, 0.29) is 24.4 Å². The Morgan fingerprint density at radius 2 is 2.33 bits per heavy atom. The lowest BCUT2D eigenvalue weighted by molar-refractivity contribution is -0.134. The molecule has 1 rings (SSSR count). The molecular weight excluding hydrogens is 190 g/mol. The van der Waals surface area contributed by atoms with Gasteiger partial charge in [0.15, 0.2) is 0 Å². The van der Waals surface area contributed by atoms with Gasteiger partial charge in [0, 0.05) is 19.1 Å². The molecule has 1 fully saturated rings. The fourth-order valence-electron chi connectivity index (χ4n) is 1.84. The van der Waals surface area contributed by atoms with Crippen LogP contribution in [0.3, 0.4) is 0 Å². The van der Waals surface area contributed by atoms with E-state index in [1.165, 1.54) is 0 Å². The zero-order valence-corrected chi connectivity index (χ0v) is 9.66. The second kappa shape index (κ2) is 5.13. The molecule has 0 radical (unpaired) electrons. The lowest BCUT2D eigenvalue weighted by Crippen LogP contribution is -2.46. The van der Waals surface area contributed by atoms with Crippen molar-refractivity contribution in [1.29, 1.82) is 5.26 Å². The van der Waals surface area contributed by atoms with Gasteiger partial charge in [0.2, 0.25) is 5.91 Å². The van der Waals surface area contributed by atoms with Crippen molar-refractivity contribution in [1.82, 2.24) is 10.2 Å². The molecule has 2 atom stereocenters. The quantitative estimate of drug-likeness (QED) is 0.730. The Morgan fingerprint density at radius 1 is 1.67 bits per heavy atom. The first-order valence-corrected chi connectivity index (χ1v) is 5.47. The monoisotopic (exact) mass is 209 g/mol. The predicted molar refractivity (Wildman–Crippen MR) is 58.0 cm³/mol. The van der Waals surface area contributed by atoms with Gasteiger partial charge in [0.05, 0.1) is 18.5 Å². The van der Waals surface area contributed by atoms with Crippen molar-refractivity contribution >= 4 is 5.91 Å². The van der Waals surface area contributed by atoms with Crippen LogP contribution < -0.4 is 5.32 Å². The molecule has 1 aliphatic rings. The van der Waals surface area contributed by atoms with E-state index >= 15 is 0 Å². The molecule has 0 aliphatic carbocycles.